The van der Waals surface area contributed by atoms with E-state index in [1.165, 1.54) is 16.7 Å². The molecular formula is C8H9IN2O3S. The van der Waals surface area contributed by atoms with Crippen molar-refractivity contribution in [3.8, 4) is 0 Å². The van der Waals surface area contributed by atoms with Crippen molar-refractivity contribution in [3.05, 3.63) is 11.3 Å². The van der Waals surface area contributed by atoms with Gasteiger partial charge in [-0.1, -0.05) is 22.6 Å². The molecule has 0 saturated carbocycles. The van der Waals surface area contributed by atoms with E-state index in [0.29, 0.717) is 16.4 Å². The second kappa shape index (κ2) is 3.95. The van der Waals surface area contributed by atoms with Crippen molar-refractivity contribution in [3.63, 3.8) is 0 Å². The number of carbonyl (C=O) groups is 2. The fourth-order valence-electron chi connectivity index (χ4n) is 1.69. The quantitative estimate of drug-likeness (QED) is 0.431. The van der Waals surface area contributed by atoms with Crippen LogP contribution in [0.4, 0.5) is 0 Å². The number of nitrogens with two attached hydrogens (primary N) is 1. The SMILES string of the molecule is NC1S[C@@H]2CC(=O)N2C(C(=O)O)=C1CI. The van der Waals surface area contributed by atoms with Gasteiger partial charge < -0.3 is 10.8 Å². The van der Waals surface area contributed by atoms with Gasteiger partial charge in [-0.3, -0.25) is 9.69 Å². The highest BCUT2D eigenvalue weighted by molar-refractivity contribution is 14.1. The van der Waals surface area contributed by atoms with Gasteiger partial charge in [0.05, 0.1) is 17.2 Å². The number of carboxylic acids is 1. The Balaban J connectivity index is 2.44. The van der Waals surface area contributed by atoms with Gasteiger partial charge in [0, 0.05) is 4.43 Å². The van der Waals surface area contributed by atoms with Crippen molar-refractivity contribution in [1.82, 2.24) is 4.90 Å². The van der Waals surface area contributed by atoms with Crippen LogP contribution in [0.25, 0.3) is 0 Å². The average molecular weight is 340 g/mol. The van der Waals surface area contributed by atoms with Crippen molar-refractivity contribution < 1.29 is 14.7 Å². The van der Waals surface area contributed by atoms with Crippen molar-refractivity contribution in [2.45, 2.75) is 17.2 Å². The van der Waals surface area contributed by atoms with Crippen LogP contribution in [0.15, 0.2) is 11.3 Å². The van der Waals surface area contributed by atoms with E-state index in [9.17, 15) is 9.59 Å². The highest BCUT2D eigenvalue weighted by Gasteiger charge is 2.47. The summed E-state index contributed by atoms with van der Waals surface area (Å²) in [6, 6.07) is 0. The summed E-state index contributed by atoms with van der Waals surface area (Å²) in [7, 11) is 0. The van der Waals surface area contributed by atoms with Crippen LogP contribution in [0.2, 0.25) is 0 Å². The Kier molecular flexibility index (Phi) is 2.95. The summed E-state index contributed by atoms with van der Waals surface area (Å²) in [5.74, 6) is -1.19. The van der Waals surface area contributed by atoms with Gasteiger partial charge in [0.2, 0.25) is 5.91 Å². The van der Waals surface area contributed by atoms with Crippen LogP contribution >= 0.6 is 34.4 Å². The second-order valence-corrected chi connectivity index (χ2v) is 5.38. The van der Waals surface area contributed by atoms with Crippen LogP contribution in [0.3, 0.4) is 0 Å². The molecule has 2 heterocycles. The van der Waals surface area contributed by atoms with E-state index in [0.717, 1.165) is 0 Å². The molecule has 0 aliphatic carbocycles. The first kappa shape index (κ1) is 11.2. The molecule has 0 spiro atoms. The first-order valence-electron chi connectivity index (χ1n) is 4.31. The van der Waals surface area contributed by atoms with Crippen LogP contribution in [0, 0.1) is 0 Å². The minimum Gasteiger partial charge on any atom is -0.477 e. The molecule has 0 aromatic rings. The first-order valence-corrected chi connectivity index (χ1v) is 6.78. The minimum absolute atomic E-state index is 0.0784. The molecule has 5 nitrogen and oxygen atoms in total. The Morgan fingerprint density at radius 1 is 1.73 bits per heavy atom. The number of β-lactam (4-membered cyclic amide) rings is 1. The number of thioether (sulfide) groups is 1. The summed E-state index contributed by atoms with van der Waals surface area (Å²) in [5, 5.41) is 8.70. The molecule has 15 heavy (non-hydrogen) atoms. The molecule has 0 radical (unpaired) electrons. The maximum Gasteiger partial charge on any atom is 0.352 e. The Labute approximate surface area is 104 Å². The van der Waals surface area contributed by atoms with Gasteiger partial charge in [-0.15, -0.1) is 11.8 Å². The normalized spacial score (nSPS) is 30.0. The number of aliphatic carboxylic acids is 1. The third-order valence-corrected chi connectivity index (χ3v) is 4.54. The Morgan fingerprint density at radius 3 is 2.87 bits per heavy atom. The molecule has 1 fully saturated rings. The highest BCUT2D eigenvalue weighted by atomic mass is 127. The number of halogens is 1. The van der Waals surface area contributed by atoms with Gasteiger partial charge in [-0.2, -0.15) is 0 Å². The largest absolute Gasteiger partial charge is 0.477 e. The Bertz CT molecular complexity index is 371. The standard InChI is InChI=1S/C8H9IN2O3S/c9-2-3-6(8(13)14)11-4(12)1-5(11)15-7(3)10/h5,7H,1-2,10H2,(H,13,14)/t5-,7?/m1/s1. The number of amides is 1. The molecule has 3 N–H and O–H groups in total. The Hall–Kier alpha value is -0.280. The number of carboxylic acid groups (broad SMARTS) is 1. The predicted molar refractivity (Wildman–Crippen MR) is 64.4 cm³/mol. The minimum atomic E-state index is -1.06. The fraction of sp³-hybridized carbons (Fsp3) is 0.500. The lowest BCUT2D eigenvalue weighted by Gasteiger charge is -2.45. The van der Waals surface area contributed by atoms with Crippen molar-refractivity contribution in [2.24, 2.45) is 5.73 Å². The molecule has 2 aliphatic rings. The van der Waals surface area contributed by atoms with Gasteiger partial charge in [0.15, 0.2) is 0 Å². The van der Waals surface area contributed by atoms with E-state index in [-0.39, 0.29) is 22.4 Å². The Morgan fingerprint density at radius 2 is 2.40 bits per heavy atom. The van der Waals surface area contributed by atoms with E-state index in [4.69, 9.17) is 10.8 Å². The maximum absolute atomic E-state index is 11.3. The van der Waals surface area contributed by atoms with E-state index >= 15 is 0 Å². The topological polar surface area (TPSA) is 83.6 Å². The molecule has 0 bridgehead atoms. The number of nitrogens with zero attached hydrogens (tertiary/aromatic N) is 1. The van der Waals surface area contributed by atoms with Crippen molar-refractivity contribution in [2.75, 3.05) is 4.43 Å². The number of carbonyl (C=O) groups excluding carboxylic acids is 1. The molecule has 1 saturated heterocycles. The molecule has 2 atom stereocenters. The number of hydrogen-bond donors (Lipinski definition) is 2. The molecule has 1 amide bonds. The van der Waals surface area contributed by atoms with E-state index in [2.05, 4.69) is 22.6 Å². The summed E-state index contributed by atoms with van der Waals surface area (Å²) in [4.78, 5) is 23.8. The zero-order valence-corrected chi connectivity index (χ0v) is 10.6. The molecule has 2 aliphatic heterocycles. The highest BCUT2D eigenvalue weighted by Crippen LogP contribution is 2.42. The summed E-state index contributed by atoms with van der Waals surface area (Å²) >= 11 is 3.52. The van der Waals surface area contributed by atoms with Gasteiger partial charge >= 0.3 is 5.97 Å². The van der Waals surface area contributed by atoms with Gasteiger partial charge in [-0.25, -0.2) is 4.79 Å². The molecule has 1 unspecified atom stereocenters. The van der Waals surface area contributed by atoms with E-state index in [1.807, 2.05) is 0 Å². The lowest BCUT2D eigenvalue weighted by Crippen LogP contribution is -2.56. The predicted octanol–water partition coefficient (Wildman–Crippen LogP) is 0.350. The monoisotopic (exact) mass is 340 g/mol. The van der Waals surface area contributed by atoms with Gasteiger partial charge in [0.1, 0.15) is 5.70 Å². The van der Waals surface area contributed by atoms with Crippen LogP contribution in [-0.4, -0.2) is 37.1 Å². The van der Waals surface area contributed by atoms with Crippen LogP contribution in [0.5, 0.6) is 0 Å². The first-order chi connectivity index (χ1) is 7.06. The third kappa shape index (κ3) is 1.66. The lowest BCUT2D eigenvalue weighted by molar-refractivity contribution is -0.146. The zero-order chi connectivity index (χ0) is 11.2. The number of fused-ring (bicyclic) bond motifs is 1. The number of rotatable bonds is 2. The summed E-state index contributed by atoms with van der Waals surface area (Å²) in [6.45, 7) is 0. The van der Waals surface area contributed by atoms with Crippen molar-refractivity contribution >= 4 is 46.2 Å². The summed E-state index contributed by atoms with van der Waals surface area (Å²) in [5.41, 5.74) is 6.58. The third-order valence-electron chi connectivity index (χ3n) is 2.44. The van der Waals surface area contributed by atoms with Crippen LogP contribution < -0.4 is 5.73 Å². The zero-order valence-electron chi connectivity index (χ0n) is 7.64. The van der Waals surface area contributed by atoms with Gasteiger partial charge in [-0.05, 0) is 5.57 Å². The molecule has 82 valence electrons. The van der Waals surface area contributed by atoms with Gasteiger partial charge in [0.25, 0.3) is 0 Å². The second-order valence-electron chi connectivity index (χ2n) is 3.29. The molecule has 2 rings (SSSR count). The fourth-order valence-corrected chi connectivity index (χ4v) is 4.10. The number of alkyl halides is 1. The number of hydrogen-bond acceptors (Lipinski definition) is 4. The molecule has 0 aromatic heterocycles. The smallest absolute Gasteiger partial charge is 0.352 e. The summed E-state index contributed by atoms with van der Waals surface area (Å²) < 4.78 is 0.532. The lowest BCUT2D eigenvalue weighted by atomic mass is 10.1. The van der Waals surface area contributed by atoms with E-state index in [1.54, 1.807) is 0 Å². The molecule has 7 heteroatoms. The molecular weight excluding hydrogens is 331 g/mol. The van der Waals surface area contributed by atoms with Crippen LogP contribution in [0.1, 0.15) is 6.42 Å². The average Bonchev–Trinajstić information content (AvgIpc) is 2.15. The maximum atomic E-state index is 11.3. The van der Waals surface area contributed by atoms with Crippen molar-refractivity contribution in [1.29, 1.82) is 0 Å². The van der Waals surface area contributed by atoms with E-state index < -0.39 is 5.97 Å². The molecule has 0 aromatic carbocycles. The summed E-state index contributed by atoms with van der Waals surface area (Å²) in [6.07, 6.45) is 0.393. The van der Waals surface area contributed by atoms with Crippen LogP contribution in [-0.2, 0) is 9.59 Å².